The van der Waals surface area contributed by atoms with Crippen LogP contribution in [0.15, 0.2) is 42.5 Å². The van der Waals surface area contributed by atoms with Crippen LogP contribution < -0.4 is 9.64 Å². The molecular formula is C27H29FN2O4. The molecule has 5 rings (SSSR count). The van der Waals surface area contributed by atoms with Crippen molar-refractivity contribution in [3.63, 3.8) is 0 Å². The molecule has 0 N–H and O–H groups in total. The third kappa shape index (κ3) is 4.83. The summed E-state index contributed by atoms with van der Waals surface area (Å²) in [5.41, 5.74) is 2.09. The summed E-state index contributed by atoms with van der Waals surface area (Å²) in [6, 6.07) is 11.9. The number of esters is 1. The summed E-state index contributed by atoms with van der Waals surface area (Å²) in [7, 11) is 0. The number of anilines is 1. The number of carbonyl (C=O) groups is 3. The first-order valence-corrected chi connectivity index (χ1v) is 12.2. The Morgan fingerprint density at radius 1 is 0.912 bits per heavy atom. The van der Waals surface area contributed by atoms with Crippen LogP contribution in [0.3, 0.4) is 0 Å². The van der Waals surface area contributed by atoms with E-state index in [9.17, 15) is 18.8 Å². The molecule has 2 aromatic rings. The number of likely N-dealkylation sites (tertiary alicyclic amines) is 1. The number of halogens is 1. The molecule has 0 radical (unpaired) electrons. The molecule has 0 aromatic heterocycles. The number of amides is 2. The number of piperidine rings is 2. The third-order valence-electron chi connectivity index (χ3n) is 7.07. The van der Waals surface area contributed by atoms with Crippen LogP contribution in [0.25, 0.3) is 0 Å². The monoisotopic (exact) mass is 464 g/mol. The Kier molecular flexibility index (Phi) is 6.35. The highest BCUT2D eigenvalue weighted by Crippen LogP contribution is 2.42. The smallest absolute Gasteiger partial charge is 0.314 e. The van der Waals surface area contributed by atoms with E-state index in [4.69, 9.17) is 4.74 Å². The fourth-order valence-corrected chi connectivity index (χ4v) is 4.86. The minimum absolute atomic E-state index is 0.0823. The minimum Gasteiger partial charge on any atom is -0.426 e. The Hall–Kier alpha value is -3.22. The van der Waals surface area contributed by atoms with E-state index >= 15 is 0 Å². The van der Waals surface area contributed by atoms with Gasteiger partial charge in [-0.25, -0.2) is 4.39 Å². The molecule has 34 heavy (non-hydrogen) atoms. The molecule has 0 bridgehead atoms. The van der Waals surface area contributed by atoms with Crippen molar-refractivity contribution in [3.05, 3.63) is 59.4 Å². The quantitative estimate of drug-likeness (QED) is 0.476. The minimum atomic E-state index is -0.374. The van der Waals surface area contributed by atoms with E-state index in [-0.39, 0.29) is 35.3 Å². The van der Waals surface area contributed by atoms with Gasteiger partial charge >= 0.3 is 5.97 Å². The number of rotatable bonds is 5. The summed E-state index contributed by atoms with van der Waals surface area (Å²) in [6.45, 7) is 1.63. The normalized spacial score (nSPS) is 19.3. The highest BCUT2D eigenvalue weighted by Gasteiger charge is 2.30. The SMILES string of the molecule is O=C(Oc1ccc(C2CC2)c(F)c1)C1CCN(C(=O)c2ccc(N3CCCCC3=O)cc2)CC1. The average Bonchev–Trinajstić information content (AvgIpc) is 3.70. The van der Waals surface area contributed by atoms with Gasteiger partial charge in [-0.2, -0.15) is 0 Å². The molecule has 1 aliphatic carbocycles. The first kappa shape index (κ1) is 22.6. The van der Waals surface area contributed by atoms with Gasteiger partial charge in [0.1, 0.15) is 11.6 Å². The summed E-state index contributed by atoms with van der Waals surface area (Å²) in [5, 5.41) is 0. The van der Waals surface area contributed by atoms with Gasteiger partial charge in [-0.05, 0) is 80.3 Å². The van der Waals surface area contributed by atoms with Gasteiger partial charge in [-0.1, -0.05) is 6.07 Å². The van der Waals surface area contributed by atoms with Crippen LogP contribution in [-0.2, 0) is 9.59 Å². The van der Waals surface area contributed by atoms with Gasteiger partial charge in [0.05, 0.1) is 5.92 Å². The number of hydrogen-bond acceptors (Lipinski definition) is 4. The standard InChI is InChI=1S/C27H29FN2O4/c28-24-17-22(10-11-23(24)18-4-5-18)34-27(33)20-12-15-29(16-13-20)26(32)19-6-8-21(9-7-19)30-14-2-1-3-25(30)31/h6-11,17-18,20H,1-5,12-16H2. The highest BCUT2D eigenvalue weighted by molar-refractivity contribution is 5.97. The van der Waals surface area contributed by atoms with Crippen LogP contribution in [0.1, 0.15) is 66.8 Å². The van der Waals surface area contributed by atoms with Crippen molar-refractivity contribution in [2.45, 2.75) is 50.9 Å². The molecule has 3 fully saturated rings. The van der Waals surface area contributed by atoms with Gasteiger partial charge in [0, 0.05) is 43.4 Å². The van der Waals surface area contributed by atoms with Crippen LogP contribution in [0, 0.1) is 11.7 Å². The Labute approximate surface area is 198 Å². The maximum absolute atomic E-state index is 14.2. The van der Waals surface area contributed by atoms with Crippen molar-refractivity contribution in [2.24, 2.45) is 5.92 Å². The van der Waals surface area contributed by atoms with Crippen molar-refractivity contribution in [1.29, 1.82) is 0 Å². The first-order valence-electron chi connectivity index (χ1n) is 12.2. The van der Waals surface area contributed by atoms with E-state index in [1.54, 1.807) is 34.1 Å². The van der Waals surface area contributed by atoms with Gasteiger partial charge < -0.3 is 14.5 Å². The van der Waals surface area contributed by atoms with E-state index < -0.39 is 0 Å². The summed E-state index contributed by atoms with van der Waals surface area (Å²) >= 11 is 0. The van der Waals surface area contributed by atoms with Crippen molar-refractivity contribution in [3.8, 4) is 5.75 Å². The zero-order chi connectivity index (χ0) is 23.7. The van der Waals surface area contributed by atoms with E-state index in [0.29, 0.717) is 55.9 Å². The number of nitrogens with zero attached hydrogens (tertiary/aromatic N) is 2. The number of ether oxygens (including phenoxy) is 1. The maximum atomic E-state index is 14.2. The van der Waals surface area contributed by atoms with Crippen LogP contribution in [0.5, 0.6) is 5.75 Å². The molecule has 2 saturated heterocycles. The van der Waals surface area contributed by atoms with Crippen LogP contribution >= 0.6 is 0 Å². The van der Waals surface area contributed by atoms with E-state index in [1.165, 1.54) is 6.07 Å². The lowest BCUT2D eigenvalue weighted by Crippen LogP contribution is -2.41. The molecule has 7 heteroatoms. The van der Waals surface area contributed by atoms with E-state index in [0.717, 1.165) is 31.4 Å². The second-order valence-corrected chi connectivity index (χ2v) is 9.49. The fourth-order valence-electron chi connectivity index (χ4n) is 4.86. The molecule has 6 nitrogen and oxygen atoms in total. The Morgan fingerprint density at radius 2 is 1.65 bits per heavy atom. The van der Waals surface area contributed by atoms with Crippen molar-refractivity contribution < 1.29 is 23.5 Å². The lowest BCUT2D eigenvalue weighted by molar-refractivity contribution is -0.140. The molecule has 0 atom stereocenters. The van der Waals surface area contributed by atoms with Crippen molar-refractivity contribution in [1.82, 2.24) is 4.90 Å². The molecule has 3 aliphatic rings. The summed E-state index contributed by atoms with van der Waals surface area (Å²) in [6.07, 6.45) is 5.52. The zero-order valence-corrected chi connectivity index (χ0v) is 19.2. The topological polar surface area (TPSA) is 66.9 Å². The lowest BCUT2D eigenvalue weighted by atomic mass is 9.96. The van der Waals surface area contributed by atoms with Crippen molar-refractivity contribution in [2.75, 3.05) is 24.5 Å². The average molecular weight is 465 g/mol. The van der Waals surface area contributed by atoms with Crippen LogP contribution in [0.4, 0.5) is 10.1 Å². The molecule has 0 spiro atoms. The van der Waals surface area contributed by atoms with E-state index in [1.807, 2.05) is 12.1 Å². The molecule has 2 heterocycles. The maximum Gasteiger partial charge on any atom is 0.314 e. The molecule has 0 unspecified atom stereocenters. The number of carbonyl (C=O) groups excluding carboxylic acids is 3. The van der Waals surface area contributed by atoms with Crippen LogP contribution in [0.2, 0.25) is 0 Å². The summed E-state index contributed by atoms with van der Waals surface area (Å²) in [5.74, 6) is -0.428. The number of hydrogen-bond donors (Lipinski definition) is 0. The largest absolute Gasteiger partial charge is 0.426 e. The van der Waals surface area contributed by atoms with Crippen LogP contribution in [-0.4, -0.2) is 42.3 Å². The molecular weight excluding hydrogens is 435 g/mol. The highest BCUT2D eigenvalue weighted by atomic mass is 19.1. The van der Waals surface area contributed by atoms with Gasteiger partial charge in [0.15, 0.2) is 0 Å². The Bertz CT molecular complexity index is 1090. The second-order valence-electron chi connectivity index (χ2n) is 9.49. The molecule has 2 aromatic carbocycles. The zero-order valence-electron chi connectivity index (χ0n) is 19.2. The third-order valence-corrected chi connectivity index (χ3v) is 7.07. The fraction of sp³-hybridized carbons (Fsp3) is 0.444. The van der Waals surface area contributed by atoms with E-state index in [2.05, 4.69) is 0 Å². The molecule has 2 aliphatic heterocycles. The molecule has 178 valence electrons. The second kappa shape index (κ2) is 9.57. The summed E-state index contributed by atoms with van der Waals surface area (Å²) in [4.78, 5) is 41.2. The molecule has 2 amide bonds. The van der Waals surface area contributed by atoms with Gasteiger partial charge in [-0.3, -0.25) is 14.4 Å². The predicted molar refractivity (Wildman–Crippen MR) is 125 cm³/mol. The predicted octanol–water partition coefficient (Wildman–Crippen LogP) is 4.68. The molecule has 1 saturated carbocycles. The van der Waals surface area contributed by atoms with Crippen molar-refractivity contribution >= 4 is 23.5 Å². The Balaban J connectivity index is 1.14. The Morgan fingerprint density at radius 3 is 2.29 bits per heavy atom. The van der Waals surface area contributed by atoms with Gasteiger partial charge in [0.2, 0.25) is 5.91 Å². The van der Waals surface area contributed by atoms with Gasteiger partial charge in [0.25, 0.3) is 5.91 Å². The first-order chi connectivity index (χ1) is 16.5. The summed E-state index contributed by atoms with van der Waals surface area (Å²) < 4.78 is 19.7. The number of benzene rings is 2. The lowest BCUT2D eigenvalue weighted by Gasteiger charge is -2.31. The van der Waals surface area contributed by atoms with Gasteiger partial charge in [-0.15, -0.1) is 0 Å².